The van der Waals surface area contributed by atoms with Gasteiger partial charge in [0.25, 0.3) is 5.91 Å². The normalized spacial score (nSPS) is 23.0. The van der Waals surface area contributed by atoms with E-state index in [1.165, 1.54) is 0 Å². The van der Waals surface area contributed by atoms with Gasteiger partial charge in [0.1, 0.15) is 0 Å². The molecule has 98 valence electrons. The molecule has 1 aromatic rings. The van der Waals surface area contributed by atoms with Gasteiger partial charge in [-0.3, -0.25) is 4.79 Å². The molecule has 2 unspecified atom stereocenters. The molecule has 3 nitrogen and oxygen atoms in total. The number of hydrogen-bond acceptors (Lipinski definition) is 2. The zero-order chi connectivity index (χ0) is 13.0. The molecule has 18 heavy (non-hydrogen) atoms. The highest BCUT2D eigenvalue weighted by Crippen LogP contribution is 2.30. The Labute approximate surface area is 121 Å². The third-order valence-corrected chi connectivity index (χ3v) is 4.40. The molecule has 0 aromatic heterocycles. The largest absolute Gasteiger partial charge is 0.396 e. The molecule has 1 fully saturated rings. The Morgan fingerprint density at radius 3 is 2.61 bits per heavy atom. The lowest BCUT2D eigenvalue weighted by Crippen LogP contribution is -2.31. The van der Waals surface area contributed by atoms with Crippen LogP contribution in [0, 0.1) is 15.4 Å². The molecule has 0 spiro atoms. The van der Waals surface area contributed by atoms with Crippen LogP contribution in [0.3, 0.4) is 0 Å². The molecule has 2 atom stereocenters. The van der Waals surface area contributed by atoms with Crippen LogP contribution < -0.4 is 5.32 Å². The molecule has 0 radical (unpaired) electrons. The number of halogens is 1. The standard InChI is InChI=1S/C14H18INO2/c15-13-6-4-10(5-7-13)14(18)16-8-11-2-1-3-12(11)9-17/h4-7,11-12,17H,1-3,8-9H2,(H,16,18). The second kappa shape index (κ2) is 6.52. The number of aliphatic hydroxyl groups excluding tert-OH is 1. The van der Waals surface area contributed by atoms with Crippen molar-refractivity contribution in [3.63, 3.8) is 0 Å². The number of hydrogen-bond donors (Lipinski definition) is 2. The number of nitrogens with one attached hydrogen (secondary N) is 1. The summed E-state index contributed by atoms with van der Waals surface area (Å²) < 4.78 is 1.13. The molecule has 2 rings (SSSR count). The Bertz CT molecular complexity index is 405. The van der Waals surface area contributed by atoms with Crippen LogP contribution in [0.15, 0.2) is 24.3 Å². The van der Waals surface area contributed by atoms with Crippen molar-refractivity contribution in [3.05, 3.63) is 33.4 Å². The van der Waals surface area contributed by atoms with Crippen LogP contribution >= 0.6 is 22.6 Å². The molecule has 1 saturated carbocycles. The van der Waals surface area contributed by atoms with Crippen LogP contribution in [0.2, 0.25) is 0 Å². The molecular weight excluding hydrogens is 341 g/mol. The molecule has 0 heterocycles. The fourth-order valence-corrected chi connectivity index (χ4v) is 2.91. The molecule has 1 aromatic carbocycles. The highest BCUT2D eigenvalue weighted by Gasteiger charge is 2.26. The van der Waals surface area contributed by atoms with Gasteiger partial charge in [-0.25, -0.2) is 0 Å². The molecular formula is C14H18INO2. The van der Waals surface area contributed by atoms with Crippen molar-refractivity contribution < 1.29 is 9.90 Å². The second-order valence-electron chi connectivity index (χ2n) is 4.85. The first-order chi connectivity index (χ1) is 8.70. The Morgan fingerprint density at radius 2 is 1.94 bits per heavy atom. The molecule has 0 aliphatic heterocycles. The third-order valence-electron chi connectivity index (χ3n) is 3.68. The van der Waals surface area contributed by atoms with Crippen molar-refractivity contribution in [2.45, 2.75) is 19.3 Å². The lowest BCUT2D eigenvalue weighted by molar-refractivity contribution is 0.0937. The first kappa shape index (κ1) is 13.8. The molecule has 1 aliphatic rings. The molecule has 2 N–H and O–H groups in total. The Balaban J connectivity index is 1.86. The number of carbonyl (C=O) groups is 1. The zero-order valence-corrected chi connectivity index (χ0v) is 12.4. The van der Waals surface area contributed by atoms with Gasteiger partial charge in [0.2, 0.25) is 0 Å². The fraction of sp³-hybridized carbons (Fsp3) is 0.500. The van der Waals surface area contributed by atoms with E-state index in [4.69, 9.17) is 0 Å². The minimum atomic E-state index is -0.0185. The molecule has 0 saturated heterocycles. The van der Waals surface area contributed by atoms with Crippen LogP contribution in [0.4, 0.5) is 0 Å². The number of carbonyl (C=O) groups excluding carboxylic acids is 1. The van der Waals surface area contributed by atoms with Gasteiger partial charge in [-0.1, -0.05) is 6.42 Å². The Morgan fingerprint density at radius 1 is 1.28 bits per heavy atom. The van der Waals surface area contributed by atoms with E-state index < -0.39 is 0 Å². The van der Waals surface area contributed by atoms with Crippen molar-refractivity contribution in [1.29, 1.82) is 0 Å². The van der Waals surface area contributed by atoms with Gasteiger partial charge in [-0.05, 0) is 71.5 Å². The minimum absolute atomic E-state index is 0.0185. The summed E-state index contributed by atoms with van der Waals surface area (Å²) in [6, 6.07) is 7.55. The topological polar surface area (TPSA) is 49.3 Å². The zero-order valence-electron chi connectivity index (χ0n) is 10.2. The van der Waals surface area contributed by atoms with Crippen LogP contribution in [0.25, 0.3) is 0 Å². The predicted molar refractivity (Wildman–Crippen MR) is 79.4 cm³/mol. The van der Waals surface area contributed by atoms with Crippen molar-refractivity contribution in [1.82, 2.24) is 5.32 Å². The summed E-state index contributed by atoms with van der Waals surface area (Å²) in [6.07, 6.45) is 3.36. The average Bonchev–Trinajstić information content (AvgIpc) is 2.84. The number of benzene rings is 1. The van der Waals surface area contributed by atoms with E-state index >= 15 is 0 Å². The van der Waals surface area contributed by atoms with E-state index in [9.17, 15) is 9.90 Å². The van der Waals surface area contributed by atoms with Gasteiger partial charge in [0.05, 0.1) is 0 Å². The lowest BCUT2D eigenvalue weighted by Gasteiger charge is -2.17. The minimum Gasteiger partial charge on any atom is -0.396 e. The lowest BCUT2D eigenvalue weighted by atomic mass is 9.97. The van der Waals surface area contributed by atoms with E-state index in [-0.39, 0.29) is 12.5 Å². The number of rotatable bonds is 4. The summed E-state index contributed by atoms with van der Waals surface area (Å²) in [7, 11) is 0. The van der Waals surface area contributed by atoms with E-state index in [0.29, 0.717) is 23.9 Å². The maximum atomic E-state index is 11.9. The summed E-state index contributed by atoms with van der Waals surface area (Å²) >= 11 is 2.22. The van der Waals surface area contributed by atoms with Gasteiger partial charge < -0.3 is 10.4 Å². The molecule has 1 aliphatic carbocycles. The Hall–Kier alpha value is -0.620. The third kappa shape index (κ3) is 3.45. The SMILES string of the molecule is O=C(NCC1CCCC1CO)c1ccc(I)cc1. The number of amides is 1. The van der Waals surface area contributed by atoms with Crippen LogP contribution in [0.5, 0.6) is 0 Å². The summed E-state index contributed by atoms with van der Waals surface area (Å²) in [4.78, 5) is 11.9. The van der Waals surface area contributed by atoms with E-state index in [1.54, 1.807) is 0 Å². The number of aliphatic hydroxyl groups is 1. The molecule has 4 heteroatoms. The average molecular weight is 359 g/mol. The maximum Gasteiger partial charge on any atom is 0.251 e. The first-order valence-corrected chi connectivity index (χ1v) is 7.43. The van der Waals surface area contributed by atoms with Crippen molar-refractivity contribution >= 4 is 28.5 Å². The van der Waals surface area contributed by atoms with Gasteiger partial charge in [0, 0.05) is 22.3 Å². The van der Waals surface area contributed by atoms with Crippen molar-refractivity contribution in [3.8, 4) is 0 Å². The summed E-state index contributed by atoms with van der Waals surface area (Å²) in [5.74, 6) is 0.778. The summed E-state index contributed by atoms with van der Waals surface area (Å²) in [5.41, 5.74) is 0.703. The molecule has 0 bridgehead atoms. The smallest absolute Gasteiger partial charge is 0.251 e. The predicted octanol–water partition coefficient (Wildman–Crippen LogP) is 2.43. The van der Waals surface area contributed by atoms with Crippen molar-refractivity contribution in [2.24, 2.45) is 11.8 Å². The van der Waals surface area contributed by atoms with Gasteiger partial charge in [0.15, 0.2) is 0 Å². The van der Waals surface area contributed by atoms with Crippen LogP contribution in [-0.2, 0) is 0 Å². The summed E-state index contributed by atoms with van der Waals surface area (Å²) in [5, 5.41) is 12.2. The fourth-order valence-electron chi connectivity index (χ4n) is 2.55. The van der Waals surface area contributed by atoms with Crippen LogP contribution in [-0.4, -0.2) is 24.2 Å². The van der Waals surface area contributed by atoms with Gasteiger partial charge in [-0.2, -0.15) is 0 Å². The van der Waals surface area contributed by atoms with Gasteiger partial charge in [-0.15, -0.1) is 0 Å². The Kier molecular flexibility index (Phi) is 5.00. The van der Waals surface area contributed by atoms with Crippen LogP contribution in [0.1, 0.15) is 29.6 Å². The van der Waals surface area contributed by atoms with E-state index in [2.05, 4.69) is 27.9 Å². The molecule has 1 amide bonds. The highest BCUT2D eigenvalue weighted by atomic mass is 127. The monoisotopic (exact) mass is 359 g/mol. The first-order valence-electron chi connectivity index (χ1n) is 6.35. The van der Waals surface area contributed by atoms with E-state index in [0.717, 1.165) is 22.8 Å². The quantitative estimate of drug-likeness (QED) is 0.812. The second-order valence-corrected chi connectivity index (χ2v) is 6.10. The van der Waals surface area contributed by atoms with Gasteiger partial charge >= 0.3 is 0 Å². The summed E-state index contributed by atoms with van der Waals surface area (Å²) in [6.45, 7) is 0.917. The highest BCUT2D eigenvalue weighted by molar-refractivity contribution is 14.1. The van der Waals surface area contributed by atoms with Crippen molar-refractivity contribution in [2.75, 3.05) is 13.2 Å². The van der Waals surface area contributed by atoms with E-state index in [1.807, 2.05) is 24.3 Å². The maximum absolute atomic E-state index is 11.9.